The monoisotopic (exact) mass is 459 g/mol. The number of nitrogens with two attached hydrogens (primary N) is 2. The number of hydrogen-bond donors (Lipinski definition) is 2. The van der Waals surface area contributed by atoms with Gasteiger partial charge in [0, 0.05) is 12.0 Å². The molecule has 4 N–H and O–H groups in total. The molecule has 0 bridgehead atoms. The van der Waals surface area contributed by atoms with E-state index in [4.69, 9.17) is 11.6 Å². The van der Waals surface area contributed by atoms with Crippen LogP contribution in [-0.2, 0) is 4.79 Å². The molecule has 0 heterocycles. The number of Topliss-reactive ketones (excluding diaryl/α,β-unsaturated/α-hetero) is 1. The summed E-state index contributed by atoms with van der Waals surface area (Å²) in [6.07, 6.45) is 8.53. The van der Waals surface area contributed by atoms with Gasteiger partial charge < -0.3 is 10.7 Å². The average molecular weight is 460 g/mol. The Morgan fingerprint density at radius 2 is 1.91 bits per heavy atom. The topological polar surface area (TPSA) is 72.3 Å². The number of benzene rings is 1. The zero-order valence-electron chi connectivity index (χ0n) is 20.0. The first-order valence-corrected chi connectivity index (χ1v) is 12.9. The fraction of sp³-hybridized carbons (Fsp3) is 0.741. The van der Waals surface area contributed by atoms with Gasteiger partial charge in [-0.1, -0.05) is 13.8 Å². The third-order valence-corrected chi connectivity index (χ3v) is 10.3. The van der Waals surface area contributed by atoms with E-state index in [9.17, 15) is 9.18 Å². The number of fused-ring (bicyclic) bond motifs is 5. The molecule has 0 radical (unpaired) electrons. The van der Waals surface area contributed by atoms with Crippen molar-refractivity contribution in [3.05, 3.63) is 24.0 Å². The van der Waals surface area contributed by atoms with E-state index in [1.807, 2.05) is 0 Å². The molecule has 4 fully saturated rings. The van der Waals surface area contributed by atoms with E-state index in [1.54, 1.807) is 0 Å². The molecule has 8 unspecified atom stereocenters. The Bertz CT molecular complexity index is 925. The maximum absolute atomic E-state index is 16.5. The van der Waals surface area contributed by atoms with Crippen molar-refractivity contribution in [1.29, 1.82) is 0 Å². The summed E-state index contributed by atoms with van der Waals surface area (Å²) in [7, 11) is 0. The average Bonchev–Trinajstić information content (AvgIpc) is 3.13. The highest BCUT2D eigenvalue weighted by molar-refractivity contribution is 5.87. The number of carbonyl (C=O) groups is 1. The van der Waals surface area contributed by atoms with Crippen molar-refractivity contribution < 1.29 is 13.6 Å². The van der Waals surface area contributed by atoms with E-state index in [1.165, 1.54) is 23.2 Å². The van der Waals surface area contributed by atoms with Crippen molar-refractivity contribution in [2.45, 2.75) is 77.3 Å². The fourth-order valence-electron chi connectivity index (χ4n) is 8.65. The highest BCUT2D eigenvalue weighted by Crippen LogP contribution is 2.66. The molecule has 4 saturated carbocycles. The summed E-state index contributed by atoms with van der Waals surface area (Å²) in [4.78, 5) is 13.4. The Morgan fingerprint density at radius 3 is 2.70 bits per heavy atom. The molecule has 0 aliphatic heterocycles. The first kappa shape index (κ1) is 23.1. The molecular weight excluding hydrogens is 420 g/mol. The highest BCUT2D eigenvalue weighted by atomic mass is 19.1. The van der Waals surface area contributed by atoms with E-state index in [-0.39, 0.29) is 35.5 Å². The van der Waals surface area contributed by atoms with Gasteiger partial charge in [0.05, 0.1) is 17.9 Å². The fourth-order valence-corrected chi connectivity index (χ4v) is 8.65. The number of anilines is 2. The van der Waals surface area contributed by atoms with Crippen molar-refractivity contribution >= 4 is 17.2 Å². The molecule has 33 heavy (non-hydrogen) atoms. The summed E-state index contributed by atoms with van der Waals surface area (Å²) in [6, 6.07) is 4.03. The number of ketones is 1. The van der Waals surface area contributed by atoms with Crippen LogP contribution in [0.5, 0.6) is 0 Å². The lowest BCUT2D eigenvalue weighted by Gasteiger charge is -2.58. The molecule has 0 amide bonds. The smallest absolute Gasteiger partial charge is 0.157 e. The maximum atomic E-state index is 16.5. The van der Waals surface area contributed by atoms with E-state index in [0.29, 0.717) is 29.1 Å². The number of alkyl halides is 1. The van der Waals surface area contributed by atoms with E-state index in [2.05, 4.69) is 13.8 Å². The predicted octanol–water partition coefficient (Wildman–Crippen LogP) is 5.65. The second kappa shape index (κ2) is 8.21. The minimum absolute atomic E-state index is 0.0156. The van der Waals surface area contributed by atoms with Gasteiger partial charge in [0.2, 0.25) is 0 Å². The van der Waals surface area contributed by atoms with Crippen LogP contribution in [0.15, 0.2) is 18.2 Å². The Balaban J connectivity index is 1.32. The van der Waals surface area contributed by atoms with Crippen LogP contribution < -0.4 is 16.6 Å². The van der Waals surface area contributed by atoms with Crippen LogP contribution in [0.4, 0.5) is 20.2 Å². The molecule has 1 aromatic rings. The molecule has 182 valence electrons. The van der Waals surface area contributed by atoms with E-state index in [0.717, 1.165) is 57.8 Å². The summed E-state index contributed by atoms with van der Waals surface area (Å²) >= 11 is 0. The Labute approximate surface area is 196 Å². The predicted molar refractivity (Wildman–Crippen MR) is 127 cm³/mol. The lowest BCUT2D eigenvalue weighted by Crippen LogP contribution is -2.57. The van der Waals surface area contributed by atoms with Crippen LogP contribution in [-0.4, -0.2) is 18.0 Å². The van der Waals surface area contributed by atoms with Crippen LogP contribution in [0, 0.1) is 46.7 Å². The van der Waals surface area contributed by atoms with Gasteiger partial charge >= 0.3 is 0 Å². The molecule has 4 aliphatic carbocycles. The minimum Gasteiger partial charge on any atom is -0.397 e. The van der Waals surface area contributed by atoms with Gasteiger partial charge in [-0.3, -0.25) is 4.79 Å². The number of carbonyl (C=O) groups excluding carboxylic acids is 1. The van der Waals surface area contributed by atoms with Gasteiger partial charge in [0.1, 0.15) is 11.5 Å². The van der Waals surface area contributed by atoms with Gasteiger partial charge in [-0.25, -0.2) is 14.6 Å². The van der Waals surface area contributed by atoms with Gasteiger partial charge in [-0.05, 0) is 105 Å². The van der Waals surface area contributed by atoms with Crippen molar-refractivity contribution in [3.63, 3.8) is 0 Å². The molecule has 6 heteroatoms. The summed E-state index contributed by atoms with van der Waals surface area (Å²) in [5, 5.41) is 1.29. The second-order valence-corrected chi connectivity index (χ2v) is 11.9. The van der Waals surface area contributed by atoms with Crippen molar-refractivity contribution in [2.75, 3.05) is 17.3 Å². The quantitative estimate of drug-likeness (QED) is 0.346. The lowest BCUT2D eigenvalue weighted by molar-refractivity contribution is -0.145. The van der Waals surface area contributed by atoms with E-state index < -0.39 is 11.5 Å². The number of hydrogen-bond acceptors (Lipinski definition) is 4. The van der Waals surface area contributed by atoms with Gasteiger partial charge in [0.25, 0.3) is 0 Å². The summed E-state index contributed by atoms with van der Waals surface area (Å²) in [5.74, 6) is 7.59. The zero-order valence-corrected chi connectivity index (χ0v) is 20.0. The normalized spacial score (nSPS) is 42.2. The molecule has 0 aromatic heterocycles. The summed E-state index contributed by atoms with van der Waals surface area (Å²) < 4.78 is 30.2. The largest absolute Gasteiger partial charge is 0.397 e. The number of nitrogen functional groups attached to an aromatic ring is 1. The highest BCUT2D eigenvalue weighted by Gasteiger charge is 2.62. The first-order valence-electron chi connectivity index (χ1n) is 12.9. The number of rotatable bonds is 4. The maximum Gasteiger partial charge on any atom is 0.157 e. The van der Waals surface area contributed by atoms with Crippen LogP contribution in [0.25, 0.3) is 0 Å². The second-order valence-electron chi connectivity index (χ2n) is 11.9. The molecule has 1 aromatic carbocycles. The first-order chi connectivity index (χ1) is 15.6. The SMILES string of the molecule is CC1CCC2(F)C(CCC3C4CCC(C(=O)CN(N)c5cc(F)ccc5N)C4(C)CCC32)C1. The molecular formula is C27H39F2N3O. The molecule has 0 spiro atoms. The van der Waals surface area contributed by atoms with Gasteiger partial charge in [-0.15, -0.1) is 0 Å². The molecule has 5 rings (SSSR count). The van der Waals surface area contributed by atoms with Crippen LogP contribution in [0.1, 0.15) is 71.6 Å². The number of halogens is 2. The number of nitrogens with zero attached hydrogens (tertiary/aromatic N) is 1. The van der Waals surface area contributed by atoms with Gasteiger partial charge in [0.15, 0.2) is 5.78 Å². The van der Waals surface area contributed by atoms with Crippen LogP contribution in [0.3, 0.4) is 0 Å². The van der Waals surface area contributed by atoms with E-state index >= 15 is 4.39 Å². The molecule has 8 atom stereocenters. The van der Waals surface area contributed by atoms with Crippen molar-refractivity contribution in [2.24, 2.45) is 46.8 Å². The third-order valence-electron chi connectivity index (χ3n) is 10.3. The van der Waals surface area contributed by atoms with Crippen molar-refractivity contribution in [3.8, 4) is 0 Å². The molecule has 4 nitrogen and oxygen atoms in total. The lowest BCUT2D eigenvalue weighted by atomic mass is 9.48. The molecule has 4 aliphatic rings. The minimum atomic E-state index is -0.998. The molecule has 0 saturated heterocycles. The van der Waals surface area contributed by atoms with Crippen molar-refractivity contribution in [1.82, 2.24) is 0 Å². The Kier molecular flexibility index (Phi) is 5.74. The summed E-state index contributed by atoms with van der Waals surface area (Å²) in [5.41, 5.74) is 5.57. The number of hydrazine groups is 1. The standard InChI is InChI=1S/C27H39F2N3O/c1-16-9-12-27(29)17(13-16)3-5-19-20-6-7-22(26(20,2)11-10-21(19)27)25(33)15-32(31)24-14-18(28)4-8-23(24)30/h4,8,14,16-17,19-22H,3,5-7,9-13,15,30-31H2,1-2H3. The zero-order chi connectivity index (χ0) is 23.5. The Morgan fingerprint density at radius 1 is 1.12 bits per heavy atom. The van der Waals surface area contributed by atoms with Gasteiger partial charge in [-0.2, -0.15) is 0 Å². The third kappa shape index (κ3) is 3.67. The van der Waals surface area contributed by atoms with Crippen LogP contribution in [0.2, 0.25) is 0 Å². The van der Waals surface area contributed by atoms with Crippen LogP contribution >= 0.6 is 0 Å². The Hall–Kier alpha value is -1.69. The summed E-state index contributed by atoms with van der Waals surface area (Å²) in [6.45, 7) is 4.55.